The van der Waals surface area contributed by atoms with Gasteiger partial charge in [-0.15, -0.1) is 12.6 Å². The average Bonchev–Trinajstić information content (AvgIpc) is 2.39. The first-order valence-electron chi connectivity index (χ1n) is 6.79. The van der Waals surface area contributed by atoms with Crippen molar-refractivity contribution in [1.29, 1.82) is 0 Å². The number of aryl methyl sites for hydroxylation is 2. The summed E-state index contributed by atoms with van der Waals surface area (Å²) in [6, 6.07) is 9.55. The zero-order valence-corrected chi connectivity index (χ0v) is 13.5. The quantitative estimate of drug-likeness (QED) is 0.786. The van der Waals surface area contributed by atoms with Gasteiger partial charge in [-0.1, -0.05) is 24.3 Å². The van der Waals surface area contributed by atoms with Crippen molar-refractivity contribution >= 4 is 18.2 Å². The van der Waals surface area contributed by atoms with Crippen molar-refractivity contribution < 1.29 is 9.84 Å². The molecule has 0 aliphatic rings. The summed E-state index contributed by atoms with van der Waals surface area (Å²) in [5, 5.41) is 9.91. The number of rotatable bonds is 4. The summed E-state index contributed by atoms with van der Waals surface area (Å²) in [5.74, 6) is 0.996. The SMILES string of the molecule is C=C(C)c1cc(C)c(OCc2ccc(C)cc2O)c(S)c1. The number of hydrogen-bond donors (Lipinski definition) is 2. The highest BCUT2D eigenvalue weighted by molar-refractivity contribution is 7.80. The van der Waals surface area contributed by atoms with Crippen LogP contribution < -0.4 is 4.74 Å². The van der Waals surface area contributed by atoms with E-state index in [0.29, 0.717) is 6.61 Å². The van der Waals surface area contributed by atoms with Gasteiger partial charge in [0.05, 0.1) is 0 Å². The molecule has 0 saturated heterocycles. The Morgan fingerprint density at radius 3 is 2.52 bits per heavy atom. The van der Waals surface area contributed by atoms with Crippen LogP contribution in [0.1, 0.15) is 29.2 Å². The summed E-state index contributed by atoms with van der Waals surface area (Å²) in [6.45, 7) is 10.1. The molecule has 2 nitrogen and oxygen atoms in total. The predicted octanol–water partition coefficient (Wildman–Crippen LogP) is 4.91. The minimum atomic E-state index is 0.256. The number of phenols is 1. The molecule has 2 aromatic rings. The maximum Gasteiger partial charge on any atom is 0.136 e. The van der Waals surface area contributed by atoms with Gasteiger partial charge in [0.1, 0.15) is 18.1 Å². The Bertz CT molecular complexity index is 667. The normalized spacial score (nSPS) is 10.5. The first-order chi connectivity index (χ1) is 9.88. The van der Waals surface area contributed by atoms with Crippen LogP contribution in [0.3, 0.4) is 0 Å². The van der Waals surface area contributed by atoms with Crippen molar-refractivity contribution in [1.82, 2.24) is 0 Å². The van der Waals surface area contributed by atoms with E-state index in [1.165, 1.54) is 0 Å². The van der Waals surface area contributed by atoms with Crippen LogP contribution >= 0.6 is 12.6 Å². The van der Waals surface area contributed by atoms with Crippen LogP contribution in [0.4, 0.5) is 0 Å². The Hall–Kier alpha value is -1.87. The number of aromatic hydroxyl groups is 1. The van der Waals surface area contributed by atoms with Crippen molar-refractivity contribution in [2.24, 2.45) is 0 Å². The Morgan fingerprint density at radius 2 is 1.95 bits per heavy atom. The number of ether oxygens (including phenoxy) is 1. The fourth-order valence-electron chi connectivity index (χ4n) is 2.14. The van der Waals surface area contributed by atoms with E-state index in [4.69, 9.17) is 4.74 Å². The monoisotopic (exact) mass is 300 g/mol. The summed E-state index contributed by atoms with van der Waals surface area (Å²) in [7, 11) is 0. The fraction of sp³-hybridized carbons (Fsp3) is 0.222. The molecule has 0 spiro atoms. The van der Waals surface area contributed by atoms with Gasteiger partial charge in [-0.2, -0.15) is 0 Å². The van der Waals surface area contributed by atoms with Crippen LogP contribution in [0.2, 0.25) is 0 Å². The van der Waals surface area contributed by atoms with Crippen LogP contribution in [0.15, 0.2) is 41.8 Å². The molecule has 0 unspecified atom stereocenters. The number of thiol groups is 1. The van der Waals surface area contributed by atoms with E-state index >= 15 is 0 Å². The maximum atomic E-state index is 9.91. The molecule has 0 saturated carbocycles. The van der Waals surface area contributed by atoms with Crippen molar-refractivity contribution in [2.45, 2.75) is 32.3 Å². The Labute approximate surface area is 131 Å². The third-order valence-corrected chi connectivity index (χ3v) is 3.69. The molecule has 0 aromatic heterocycles. The number of allylic oxidation sites excluding steroid dienone is 1. The fourth-order valence-corrected chi connectivity index (χ4v) is 2.52. The average molecular weight is 300 g/mol. The Balaban J connectivity index is 2.22. The molecule has 0 aliphatic carbocycles. The van der Waals surface area contributed by atoms with Crippen LogP contribution in [-0.2, 0) is 6.61 Å². The largest absolute Gasteiger partial charge is 0.508 e. The highest BCUT2D eigenvalue weighted by Crippen LogP contribution is 2.32. The van der Waals surface area contributed by atoms with E-state index in [9.17, 15) is 5.11 Å². The van der Waals surface area contributed by atoms with Gasteiger partial charge in [-0.05, 0) is 55.7 Å². The van der Waals surface area contributed by atoms with Crippen molar-refractivity contribution in [3.8, 4) is 11.5 Å². The smallest absolute Gasteiger partial charge is 0.136 e. The molecule has 0 amide bonds. The molecular weight excluding hydrogens is 280 g/mol. The van der Waals surface area contributed by atoms with Gasteiger partial charge in [0.15, 0.2) is 0 Å². The van der Waals surface area contributed by atoms with Crippen LogP contribution in [0.25, 0.3) is 5.57 Å². The van der Waals surface area contributed by atoms with E-state index in [1.807, 2.05) is 45.0 Å². The molecule has 3 heteroatoms. The maximum absolute atomic E-state index is 9.91. The van der Waals surface area contributed by atoms with Gasteiger partial charge in [0, 0.05) is 10.5 Å². The van der Waals surface area contributed by atoms with Crippen molar-refractivity contribution in [3.63, 3.8) is 0 Å². The van der Waals surface area contributed by atoms with Gasteiger partial charge in [0.2, 0.25) is 0 Å². The molecule has 0 fully saturated rings. The first-order valence-corrected chi connectivity index (χ1v) is 7.24. The lowest BCUT2D eigenvalue weighted by Gasteiger charge is -2.14. The molecule has 0 heterocycles. The third-order valence-electron chi connectivity index (χ3n) is 3.36. The third kappa shape index (κ3) is 3.61. The van der Waals surface area contributed by atoms with Gasteiger partial charge in [-0.3, -0.25) is 0 Å². The molecule has 1 N–H and O–H groups in total. The molecular formula is C18H20O2S. The standard InChI is InChI=1S/C18H20O2S/c1-11(2)15-8-13(4)18(17(21)9-15)20-10-14-6-5-12(3)7-16(14)19/h5-9,19,21H,1,10H2,2-4H3. The minimum absolute atomic E-state index is 0.256. The highest BCUT2D eigenvalue weighted by atomic mass is 32.1. The predicted molar refractivity (Wildman–Crippen MR) is 90.3 cm³/mol. The van der Waals surface area contributed by atoms with E-state index in [-0.39, 0.29) is 5.75 Å². The van der Waals surface area contributed by atoms with E-state index < -0.39 is 0 Å². The summed E-state index contributed by atoms with van der Waals surface area (Å²) in [5.41, 5.74) is 4.84. The van der Waals surface area contributed by atoms with E-state index in [2.05, 4.69) is 19.2 Å². The molecule has 21 heavy (non-hydrogen) atoms. The van der Waals surface area contributed by atoms with Gasteiger partial charge >= 0.3 is 0 Å². The second kappa shape index (κ2) is 6.27. The Morgan fingerprint density at radius 1 is 1.24 bits per heavy atom. The molecule has 0 atom stereocenters. The molecule has 2 aromatic carbocycles. The minimum Gasteiger partial charge on any atom is -0.508 e. The lowest BCUT2D eigenvalue weighted by atomic mass is 10.1. The summed E-state index contributed by atoms with van der Waals surface area (Å²) < 4.78 is 5.84. The number of benzene rings is 2. The molecule has 0 radical (unpaired) electrons. The first kappa shape index (κ1) is 15.5. The number of hydrogen-bond acceptors (Lipinski definition) is 3. The lowest BCUT2D eigenvalue weighted by Crippen LogP contribution is -1.99. The highest BCUT2D eigenvalue weighted by Gasteiger charge is 2.09. The molecule has 110 valence electrons. The van der Waals surface area contributed by atoms with Gasteiger partial charge in [0.25, 0.3) is 0 Å². The summed E-state index contributed by atoms with van der Waals surface area (Å²) in [4.78, 5) is 0.777. The van der Waals surface area contributed by atoms with Gasteiger partial charge in [-0.25, -0.2) is 0 Å². The van der Waals surface area contributed by atoms with Crippen molar-refractivity contribution in [3.05, 3.63) is 59.2 Å². The summed E-state index contributed by atoms with van der Waals surface area (Å²) >= 11 is 4.49. The molecule has 0 aliphatic heterocycles. The summed E-state index contributed by atoms with van der Waals surface area (Å²) in [6.07, 6.45) is 0. The van der Waals surface area contributed by atoms with E-state index in [1.54, 1.807) is 6.07 Å². The number of phenolic OH excluding ortho intramolecular Hbond substituents is 1. The van der Waals surface area contributed by atoms with Gasteiger partial charge < -0.3 is 9.84 Å². The van der Waals surface area contributed by atoms with E-state index in [0.717, 1.165) is 38.5 Å². The van der Waals surface area contributed by atoms with Crippen LogP contribution in [0, 0.1) is 13.8 Å². The molecule has 0 bridgehead atoms. The molecule has 2 rings (SSSR count). The zero-order valence-electron chi connectivity index (χ0n) is 12.6. The second-order valence-electron chi connectivity index (χ2n) is 5.34. The lowest BCUT2D eigenvalue weighted by molar-refractivity contribution is 0.290. The topological polar surface area (TPSA) is 29.5 Å². The zero-order chi connectivity index (χ0) is 15.6. The van der Waals surface area contributed by atoms with Crippen molar-refractivity contribution in [2.75, 3.05) is 0 Å². The second-order valence-corrected chi connectivity index (χ2v) is 5.82. The Kier molecular flexibility index (Phi) is 4.63. The van der Waals surface area contributed by atoms with Crippen LogP contribution in [-0.4, -0.2) is 5.11 Å². The van der Waals surface area contributed by atoms with Crippen LogP contribution in [0.5, 0.6) is 11.5 Å².